The summed E-state index contributed by atoms with van der Waals surface area (Å²) in [6.07, 6.45) is 19.7. The van der Waals surface area contributed by atoms with Crippen molar-refractivity contribution in [2.24, 2.45) is 20.4 Å². The van der Waals surface area contributed by atoms with Gasteiger partial charge in [-0.05, 0) is 96.5 Å². The standard InChI is InChI=1S/C74H72N6O4.CH4/c1-3-5-45-83-73(81)61-35-25-33-59-69(61)55-29-15-17-31-57(55)71(59)77-75-49-51-39-41-67-63(47-51)53-27-19-21-37-65(53)79(67)43-23-13-11-9-7-8-10-12-14-24-44-80-66-38-22-20-28-54(66)64-48-52(40-42-68(64)80)50-76-78-72-58-32-18-16-30-56(58)70-60(72)34-26-36-62(70)74(82)84-46-6-4-2;/h15-22,25-42,47-50H,3-14,23-24,43-46H2,1-2H3;1H4/b75-49+,76-50+,77-71+,78-72+;. The molecular formula is C75H76N6O4. The second kappa shape index (κ2) is 27.1. The summed E-state index contributed by atoms with van der Waals surface area (Å²) in [5.41, 5.74) is 17.0. The van der Waals surface area contributed by atoms with E-state index in [1.54, 1.807) is 0 Å². The molecule has 0 fully saturated rings. The molecule has 0 saturated heterocycles. The summed E-state index contributed by atoms with van der Waals surface area (Å²) in [6, 6.07) is 58.4. The van der Waals surface area contributed by atoms with E-state index in [0.29, 0.717) is 24.3 Å². The van der Waals surface area contributed by atoms with Crippen molar-refractivity contribution in [2.45, 2.75) is 124 Å². The molecule has 10 aromatic rings. The predicted octanol–water partition coefficient (Wildman–Crippen LogP) is 18.8. The Morgan fingerprint density at radius 2 is 0.753 bits per heavy atom. The first-order valence-electron chi connectivity index (χ1n) is 30.5. The number of rotatable bonds is 25. The summed E-state index contributed by atoms with van der Waals surface area (Å²) in [5.74, 6) is -0.606. The van der Waals surface area contributed by atoms with Gasteiger partial charge in [-0.3, -0.25) is 0 Å². The fourth-order valence-corrected chi connectivity index (χ4v) is 12.6. The Labute approximate surface area is 499 Å². The Morgan fingerprint density at radius 3 is 1.18 bits per heavy atom. The molecule has 85 heavy (non-hydrogen) atoms. The van der Waals surface area contributed by atoms with Crippen LogP contribution in [0.5, 0.6) is 0 Å². The highest BCUT2D eigenvalue weighted by Crippen LogP contribution is 2.42. The first-order chi connectivity index (χ1) is 41.5. The van der Waals surface area contributed by atoms with Gasteiger partial charge in [-0.2, -0.15) is 10.2 Å². The Balaban J connectivity index is 0.00000752. The van der Waals surface area contributed by atoms with Crippen LogP contribution in [0.2, 0.25) is 0 Å². The third-order valence-electron chi connectivity index (χ3n) is 16.8. The van der Waals surface area contributed by atoms with Gasteiger partial charge < -0.3 is 18.6 Å². The molecule has 0 unspecified atom stereocenters. The second-order valence-corrected chi connectivity index (χ2v) is 22.3. The third-order valence-corrected chi connectivity index (χ3v) is 16.8. The zero-order chi connectivity index (χ0) is 57.2. The highest BCUT2D eigenvalue weighted by molar-refractivity contribution is 6.28. The van der Waals surface area contributed by atoms with Gasteiger partial charge in [0, 0.05) is 90.1 Å². The number of esters is 2. The van der Waals surface area contributed by atoms with Crippen molar-refractivity contribution in [3.05, 3.63) is 214 Å². The van der Waals surface area contributed by atoms with Gasteiger partial charge in [0.1, 0.15) is 11.4 Å². The molecular weight excluding hydrogens is 1050 g/mol. The molecule has 0 aliphatic heterocycles. The summed E-state index contributed by atoms with van der Waals surface area (Å²) >= 11 is 0. The van der Waals surface area contributed by atoms with Crippen LogP contribution in [0, 0.1) is 0 Å². The summed E-state index contributed by atoms with van der Waals surface area (Å²) in [5, 5.41) is 23.8. The van der Waals surface area contributed by atoms with Crippen LogP contribution in [0.1, 0.15) is 165 Å². The lowest BCUT2D eigenvalue weighted by molar-refractivity contribution is 0.0491. The molecule has 0 amide bonds. The fraction of sp³-hybridized carbons (Fsp3) is 0.280. The van der Waals surface area contributed by atoms with Crippen LogP contribution in [0.15, 0.2) is 190 Å². The Morgan fingerprint density at radius 1 is 0.388 bits per heavy atom. The Kier molecular flexibility index (Phi) is 18.4. The summed E-state index contributed by atoms with van der Waals surface area (Å²) in [4.78, 5) is 26.4. The number of fused-ring (bicyclic) bond motifs is 12. The number of aromatic nitrogens is 2. The van der Waals surface area contributed by atoms with Gasteiger partial charge in [-0.15, -0.1) is 10.2 Å². The average molecular weight is 1130 g/mol. The quantitative estimate of drug-likeness (QED) is 0.0245. The minimum atomic E-state index is -0.303. The van der Waals surface area contributed by atoms with Gasteiger partial charge in [-0.25, -0.2) is 9.59 Å². The zero-order valence-corrected chi connectivity index (χ0v) is 48.4. The number of ether oxygens (including phenoxy) is 2. The number of para-hydroxylation sites is 2. The van der Waals surface area contributed by atoms with Gasteiger partial charge in [0.15, 0.2) is 0 Å². The minimum Gasteiger partial charge on any atom is -0.462 e. The van der Waals surface area contributed by atoms with E-state index in [-0.39, 0.29) is 19.4 Å². The number of aryl methyl sites for hydroxylation is 2. The molecule has 0 spiro atoms. The van der Waals surface area contributed by atoms with E-state index in [1.165, 1.54) is 95.0 Å². The molecule has 12 rings (SSSR count). The number of hydrogen-bond acceptors (Lipinski definition) is 8. The lowest BCUT2D eigenvalue weighted by Gasteiger charge is -2.09. The van der Waals surface area contributed by atoms with Gasteiger partial charge in [0.05, 0.1) is 36.8 Å². The summed E-state index contributed by atoms with van der Waals surface area (Å²) in [6.45, 7) is 6.97. The number of unbranched alkanes of at least 4 members (excludes halogenated alkanes) is 11. The first kappa shape index (κ1) is 57.8. The molecule has 2 aromatic heterocycles. The highest BCUT2D eigenvalue weighted by atomic mass is 16.5. The lowest BCUT2D eigenvalue weighted by Crippen LogP contribution is -2.08. The van der Waals surface area contributed by atoms with Gasteiger partial charge >= 0.3 is 11.9 Å². The molecule has 2 aliphatic rings. The number of nitrogens with zero attached hydrogens (tertiary/aromatic N) is 6. The molecule has 2 aliphatic carbocycles. The average Bonchev–Trinajstić information content (AvgIpc) is 3.07. The van der Waals surface area contributed by atoms with Crippen molar-refractivity contribution in [1.82, 2.24) is 9.13 Å². The molecule has 0 bridgehead atoms. The lowest BCUT2D eigenvalue weighted by atomic mass is 9.99. The maximum atomic E-state index is 13.2. The van der Waals surface area contributed by atoms with Crippen LogP contribution in [0.3, 0.4) is 0 Å². The van der Waals surface area contributed by atoms with E-state index in [0.717, 1.165) is 119 Å². The maximum Gasteiger partial charge on any atom is 0.338 e. The van der Waals surface area contributed by atoms with Crippen molar-refractivity contribution in [1.29, 1.82) is 0 Å². The first-order valence-corrected chi connectivity index (χ1v) is 30.5. The van der Waals surface area contributed by atoms with E-state index in [1.807, 2.05) is 97.4 Å². The zero-order valence-electron chi connectivity index (χ0n) is 48.4. The van der Waals surface area contributed by atoms with Gasteiger partial charge in [0.2, 0.25) is 0 Å². The maximum absolute atomic E-state index is 13.2. The van der Waals surface area contributed by atoms with Crippen LogP contribution in [-0.2, 0) is 22.6 Å². The molecule has 10 nitrogen and oxygen atoms in total. The monoisotopic (exact) mass is 1120 g/mol. The van der Waals surface area contributed by atoms with E-state index in [2.05, 4.69) is 118 Å². The number of carbonyl (C=O) groups excluding carboxylic acids is 2. The second-order valence-electron chi connectivity index (χ2n) is 22.3. The van der Waals surface area contributed by atoms with Crippen molar-refractivity contribution in [3.8, 4) is 22.3 Å². The third kappa shape index (κ3) is 12.1. The van der Waals surface area contributed by atoms with Gasteiger partial charge in [0.25, 0.3) is 0 Å². The summed E-state index contributed by atoms with van der Waals surface area (Å²) < 4.78 is 16.3. The molecule has 0 N–H and O–H groups in total. The Hall–Kier alpha value is -9.02. The van der Waals surface area contributed by atoms with E-state index in [9.17, 15) is 9.59 Å². The minimum absolute atomic E-state index is 0. The summed E-state index contributed by atoms with van der Waals surface area (Å²) in [7, 11) is 0. The number of carbonyl (C=O) groups is 2. The van der Waals surface area contributed by atoms with Crippen molar-refractivity contribution in [3.63, 3.8) is 0 Å². The molecule has 0 radical (unpaired) electrons. The largest absolute Gasteiger partial charge is 0.462 e. The van der Waals surface area contributed by atoms with E-state index >= 15 is 0 Å². The van der Waals surface area contributed by atoms with Crippen LogP contribution in [0.25, 0.3) is 65.9 Å². The fourth-order valence-electron chi connectivity index (χ4n) is 12.6. The van der Waals surface area contributed by atoms with Crippen molar-refractivity contribution >= 4 is 79.4 Å². The Bertz CT molecular complexity index is 3930. The topological polar surface area (TPSA) is 112 Å². The number of benzene rings is 8. The van der Waals surface area contributed by atoms with Crippen LogP contribution in [-0.4, -0.2) is 58.1 Å². The molecule has 2 heterocycles. The molecule has 10 heteroatoms. The van der Waals surface area contributed by atoms with Crippen LogP contribution in [0.4, 0.5) is 0 Å². The SMILES string of the molecule is C.CCCCOC(=O)c1cccc2c1-c1ccccc1/C2=N\N=C\c1ccc2c(c1)c1ccccc1n2CCCCCCCCCCCCn1c2ccccc2c2cc(/C=N/N=C3\c4ccccc4-c4c(C(=O)OCCCC)cccc43)ccc21. The molecule has 430 valence electrons. The molecule has 0 atom stereocenters. The van der Waals surface area contributed by atoms with Crippen molar-refractivity contribution < 1.29 is 19.1 Å². The molecule has 0 saturated carbocycles. The van der Waals surface area contributed by atoms with E-state index in [4.69, 9.17) is 19.7 Å². The molecule has 8 aromatic carbocycles. The normalized spacial score (nSPS) is 13.4. The number of hydrogen-bond donors (Lipinski definition) is 0. The van der Waals surface area contributed by atoms with E-state index < -0.39 is 0 Å². The predicted molar refractivity (Wildman–Crippen MR) is 352 cm³/mol. The van der Waals surface area contributed by atoms with Crippen LogP contribution < -0.4 is 0 Å². The smallest absolute Gasteiger partial charge is 0.338 e. The van der Waals surface area contributed by atoms with Gasteiger partial charge in [-0.1, -0.05) is 207 Å². The van der Waals surface area contributed by atoms with Crippen molar-refractivity contribution in [2.75, 3.05) is 13.2 Å². The highest BCUT2D eigenvalue weighted by Gasteiger charge is 2.31. The van der Waals surface area contributed by atoms with Crippen LogP contribution >= 0.6 is 0 Å².